The number of epoxide rings is 1. The SMILES string of the molecule is COC[C@@]1(C)O[C@H]1C(=O)OC. The highest BCUT2D eigenvalue weighted by molar-refractivity contribution is 5.79. The molecule has 0 aliphatic carbocycles. The summed E-state index contributed by atoms with van der Waals surface area (Å²) in [6.07, 6.45) is -0.438. The van der Waals surface area contributed by atoms with Crippen molar-refractivity contribution in [1.29, 1.82) is 0 Å². The zero-order valence-electron chi connectivity index (χ0n) is 6.92. The van der Waals surface area contributed by atoms with Crippen LogP contribution in [-0.2, 0) is 19.0 Å². The molecule has 0 spiro atoms. The van der Waals surface area contributed by atoms with Crippen molar-refractivity contribution < 1.29 is 19.0 Å². The third-order valence-corrected chi connectivity index (χ3v) is 1.73. The second kappa shape index (κ2) is 2.79. The smallest absolute Gasteiger partial charge is 0.338 e. The quantitative estimate of drug-likeness (QED) is 0.429. The van der Waals surface area contributed by atoms with Crippen LogP contribution in [0.1, 0.15) is 6.92 Å². The first-order valence-electron chi connectivity index (χ1n) is 3.38. The molecule has 0 aromatic carbocycles. The van der Waals surface area contributed by atoms with Gasteiger partial charge in [-0.25, -0.2) is 4.79 Å². The molecule has 1 saturated heterocycles. The number of carbonyl (C=O) groups excluding carboxylic acids is 1. The standard InChI is InChI=1S/C7H12O4/c1-7(4-9-2)5(11-7)6(8)10-3/h5H,4H2,1-3H3/t5-,7+/m0/s1. The second-order valence-electron chi connectivity index (χ2n) is 2.77. The van der Waals surface area contributed by atoms with Crippen molar-refractivity contribution in [3.8, 4) is 0 Å². The largest absolute Gasteiger partial charge is 0.467 e. The first-order chi connectivity index (χ1) is 5.14. The first-order valence-corrected chi connectivity index (χ1v) is 3.38. The van der Waals surface area contributed by atoms with E-state index in [4.69, 9.17) is 9.47 Å². The fourth-order valence-electron chi connectivity index (χ4n) is 1.04. The van der Waals surface area contributed by atoms with Gasteiger partial charge in [-0.3, -0.25) is 0 Å². The molecule has 4 nitrogen and oxygen atoms in total. The molecule has 1 rings (SSSR count). The van der Waals surface area contributed by atoms with Crippen LogP contribution in [0, 0.1) is 0 Å². The highest BCUT2D eigenvalue weighted by Gasteiger charge is 2.58. The molecule has 1 heterocycles. The number of esters is 1. The van der Waals surface area contributed by atoms with Crippen molar-refractivity contribution in [2.45, 2.75) is 18.6 Å². The van der Waals surface area contributed by atoms with E-state index in [0.717, 1.165) is 0 Å². The van der Waals surface area contributed by atoms with Gasteiger partial charge in [-0.1, -0.05) is 0 Å². The number of methoxy groups -OCH3 is 2. The number of hydrogen-bond donors (Lipinski definition) is 0. The Morgan fingerprint density at radius 1 is 1.64 bits per heavy atom. The third kappa shape index (κ3) is 1.52. The maximum atomic E-state index is 10.9. The van der Waals surface area contributed by atoms with Crippen LogP contribution >= 0.6 is 0 Å². The summed E-state index contributed by atoms with van der Waals surface area (Å²) in [5.41, 5.74) is -0.457. The van der Waals surface area contributed by atoms with Crippen LogP contribution in [-0.4, -0.2) is 38.5 Å². The first kappa shape index (κ1) is 8.49. The van der Waals surface area contributed by atoms with Crippen molar-refractivity contribution >= 4 is 5.97 Å². The minimum atomic E-state index is -0.457. The lowest BCUT2D eigenvalue weighted by Crippen LogP contribution is -2.23. The van der Waals surface area contributed by atoms with Gasteiger partial charge in [0, 0.05) is 7.11 Å². The summed E-state index contributed by atoms with van der Waals surface area (Å²) < 4.78 is 14.5. The van der Waals surface area contributed by atoms with Crippen molar-refractivity contribution in [2.75, 3.05) is 20.8 Å². The molecular formula is C7H12O4. The molecule has 0 bridgehead atoms. The summed E-state index contributed by atoms with van der Waals surface area (Å²) in [7, 11) is 2.92. The van der Waals surface area contributed by atoms with Crippen LogP contribution < -0.4 is 0 Å². The van der Waals surface area contributed by atoms with Crippen LogP contribution in [0.2, 0.25) is 0 Å². The normalized spacial score (nSPS) is 35.0. The van der Waals surface area contributed by atoms with Gasteiger partial charge in [-0.2, -0.15) is 0 Å². The van der Waals surface area contributed by atoms with E-state index in [1.807, 2.05) is 6.92 Å². The predicted octanol–water partition coefficient (Wildman–Crippen LogP) is -0.0367. The minimum absolute atomic E-state index is 0.329. The molecule has 11 heavy (non-hydrogen) atoms. The van der Waals surface area contributed by atoms with Crippen molar-refractivity contribution in [3.05, 3.63) is 0 Å². The summed E-state index contributed by atoms with van der Waals surface area (Å²) in [4.78, 5) is 10.9. The van der Waals surface area contributed by atoms with Gasteiger partial charge in [-0.15, -0.1) is 0 Å². The van der Waals surface area contributed by atoms with Crippen LogP contribution in [0.15, 0.2) is 0 Å². The van der Waals surface area contributed by atoms with Gasteiger partial charge < -0.3 is 14.2 Å². The summed E-state index contributed by atoms with van der Waals surface area (Å²) in [5, 5.41) is 0. The van der Waals surface area contributed by atoms with E-state index < -0.39 is 11.7 Å². The molecule has 0 amide bonds. The molecule has 0 radical (unpaired) electrons. The van der Waals surface area contributed by atoms with E-state index in [1.54, 1.807) is 7.11 Å². The summed E-state index contributed by atoms with van der Waals surface area (Å²) in [6, 6.07) is 0. The van der Waals surface area contributed by atoms with Gasteiger partial charge in [0.2, 0.25) is 0 Å². The number of hydrogen-bond acceptors (Lipinski definition) is 4. The number of rotatable bonds is 3. The Bertz CT molecular complexity index is 168. The molecule has 0 unspecified atom stereocenters. The van der Waals surface area contributed by atoms with E-state index in [9.17, 15) is 4.79 Å². The minimum Gasteiger partial charge on any atom is -0.467 e. The number of carbonyl (C=O) groups is 1. The Hall–Kier alpha value is -0.610. The van der Waals surface area contributed by atoms with Crippen LogP contribution in [0.25, 0.3) is 0 Å². The maximum Gasteiger partial charge on any atom is 0.338 e. The average Bonchev–Trinajstić information content (AvgIpc) is 2.62. The monoisotopic (exact) mass is 160 g/mol. The molecule has 2 atom stereocenters. The van der Waals surface area contributed by atoms with Crippen molar-refractivity contribution in [3.63, 3.8) is 0 Å². The van der Waals surface area contributed by atoms with Gasteiger partial charge in [0.25, 0.3) is 0 Å². The van der Waals surface area contributed by atoms with E-state index >= 15 is 0 Å². The van der Waals surface area contributed by atoms with E-state index in [1.165, 1.54) is 7.11 Å². The fourth-order valence-corrected chi connectivity index (χ4v) is 1.04. The Labute approximate surface area is 65.4 Å². The van der Waals surface area contributed by atoms with Crippen LogP contribution in [0.3, 0.4) is 0 Å². The Kier molecular flexibility index (Phi) is 2.15. The van der Waals surface area contributed by atoms with Gasteiger partial charge in [0.1, 0.15) is 5.60 Å². The zero-order valence-corrected chi connectivity index (χ0v) is 6.92. The molecule has 0 N–H and O–H groups in total. The highest BCUT2D eigenvalue weighted by atomic mass is 16.7. The van der Waals surface area contributed by atoms with Crippen LogP contribution in [0.5, 0.6) is 0 Å². The molecule has 1 aliphatic rings. The van der Waals surface area contributed by atoms with E-state index in [0.29, 0.717) is 6.61 Å². The van der Waals surface area contributed by atoms with Gasteiger partial charge >= 0.3 is 5.97 Å². The molecule has 0 saturated carbocycles. The predicted molar refractivity (Wildman–Crippen MR) is 37.2 cm³/mol. The van der Waals surface area contributed by atoms with E-state index in [-0.39, 0.29) is 5.97 Å². The Morgan fingerprint density at radius 2 is 2.27 bits per heavy atom. The average molecular weight is 160 g/mol. The number of ether oxygens (including phenoxy) is 3. The lowest BCUT2D eigenvalue weighted by Gasteiger charge is -2.01. The van der Waals surface area contributed by atoms with Crippen LogP contribution in [0.4, 0.5) is 0 Å². The maximum absolute atomic E-state index is 10.9. The fraction of sp³-hybridized carbons (Fsp3) is 0.857. The molecule has 64 valence electrons. The Morgan fingerprint density at radius 3 is 2.73 bits per heavy atom. The second-order valence-corrected chi connectivity index (χ2v) is 2.77. The topological polar surface area (TPSA) is 48.1 Å². The molecule has 0 aromatic rings. The Balaban J connectivity index is 2.39. The molecule has 1 fully saturated rings. The zero-order chi connectivity index (χ0) is 8.48. The molecule has 0 aromatic heterocycles. The lowest BCUT2D eigenvalue weighted by molar-refractivity contribution is -0.142. The molecular weight excluding hydrogens is 148 g/mol. The summed E-state index contributed by atoms with van der Waals surface area (Å²) >= 11 is 0. The van der Waals surface area contributed by atoms with Gasteiger partial charge in [-0.05, 0) is 6.92 Å². The highest BCUT2D eigenvalue weighted by Crippen LogP contribution is 2.36. The van der Waals surface area contributed by atoms with E-state index in [2.05, 4.69) is 4.74 Å². The van der Waals surface area contributed by atoms with Crippen molar-refractivity contribution in [1.82, 2.24) is 0 Å². The molecule has 1 aliphatic heterocycles. The van der Waals surface area contributed by atoms with Gasteiger partial charge in [0.15, 0.2) is 6.10 Å². The lowest BCUT2D eigenvalue weighted by atomic mass is 10.1. The van der Waals surface area contributed by atoms with Crippen molar-refractivity contribution in [2.24, 2.45) is 0 Å². The molecule has 4 heteroatoms. The van der Waals surface area contributed by atoms with Gasteiger partial charge in [0.05, 0.1) is 13.7 Å². The summed E-state index contributed by atoms with van der Waals surface area (Å²) in [6.45, 7) is 2.24. The third-order valence-electron chi connectivity index (χ3n) is 1.73. The summed E-state index contributed by atoms with van der Waals surface area (Å²) in [5.74, 6) is -0.329.